The number of aliphatic hydroxyl groups excluding tert-OH is 2. The maximum atomic E-state index is 10.9. The highest BCUT2D eigenvalue weighted by atomic mass is 16.5. The number of nitrogens with zero attached hydrogens (tertiary/aromatic N) is 1. The lowest BCUT2D eigenvalue weighted by atomic mass is 9.90. The molecule has 0 aromatic heterocycles. The zero-order valence-electron chi connectivity index (χ0n) is 16.6. The molecule has 4 nitrogen and oxygen atoms in total. The molecule has 0 saturated carbocycles. The molecule has 3 aromatic carbocycles. The average molecular weight is 389 g/mol. The van der Waals surface area contributed by atoms with Crippen molar-refractivity contribution in [3.63, 3.8) is 0 Å². The Bertz CT molecular complexity index is 926. The van der Waals surface area contributed by atoms with Crippen molar-refractivity contribution in [2.75, 3.05) is 13.2 Å². The summed E-state index contributed by atoms with van der Waals surface area (Å²) in [4.78, 5) is 2.18. The third-order valence-corrected chi connectivity index (χ3v) is 5.77. The van der Waals surface area contributed by atoms with E-state index in [0.29, 0.717) is 6.54 Å². The molecule has 29 heavy (non-hydrogen) atoms. The van der Waals surface area contributed by atoms with Crippen molar-refractivity contribution in [1.29, 1.82) is 0 Å². The minimum atomic E-state index is -0.582. The Balaban J connectivity index is 1.46. The summed E-state index contributed by atoms with van der Waals surface area (Å²) in [6.07, 6.45) is -0.582. The SMILES string of the molecule is Cc1ccccc1[C@H]1CN(Cc2ccc(Oc3ccccc3)cc2)[C@H](CO)[C@@H]1O. The monoisotopic (exact) mass is 389 g/mol. The summed E-state index contributed by atoms with van der Waals surface area (Å²) in [5.74, 6) is 1.61. The molecule has 1 aliphatic heterocycles. The molecule has 3 atom stereocenters. The van der Waals surface area contributed by atoms with E-state index in [4.69, 9.17) is 4.74 Å². The van der Waals surface area contributed by atoms with Crippen LogP contribution < -0.4 is 4.74 Å². The van der Waals surface area contributed by atoms with Crippen LogP contribution in [0.3, 0.4) is 0 Å². The van der Waals surface area contributed by atoms with E-state index in [1.54, 1.807) is 0 Å². The topological polar surface area (TPSA) is 52.9 Å². The van der Waals surface area contributed by atoms with Crippen molar-refractivity contribution < 1.29 is 14.9 Å². The van der Waals surface area contributed by atoms with Gasteiger partial charge in [0.05, 0.1) is 18.8 Å². The quantitative estimate of drug-likeness (QED) is 0.666. The number of para-hydroxylation sites is 1. The van der Waals surface area contributed by atoms with E-state index in [9.17, 15) is 10.2 Å². The molecule has 150 valence electrons. The number of likely N-dealkylation sites (tertiary alicyclic amines) is 1. The van der Waals surface area contributed by atoms with Crippen LogP contribution in [-0.4, -0.2) is 40.4 Å². The smallest absolute Gasteiger partial charge is 0.127 e. The van der Waals surface area contributed by atoms with Gasteiger partial charge in [-0.05, 0) is 47.9 Å². The van der Waals surface area contributed by atoms with Gasteiger partial charge >= 0.3 is 0 Å². The van der Waals surface area contributed by atoms with Gasteiger partial charge in [-0.3, -0.25) is 4.90 Å². The molecule has 0 bridgehead atoms. The molecule has 4 rings (SSSR count). The summed E-state index contributed by atoms with van der Waals surface area (Å²) in [5.41, 5.74) is 3.46. The van der Waals surface area contributed by atoms with Gasteiger partial charge in [-0.1, -0.05) is 54.6 Å². The van der Waals surface area contributed by atoms with E-state index < -0.39 is 6.10 Å². The van der Waals surface area contributed by atoms with Crippen LogP contribution in [0, 0.1) is 6.92 Å². The van der Waals surface area contributed by atoms with Crippen LogP contribution >= 0.6 is 0 Å². The van der Waals surface area contributed by atoms with E-state index in [-0.39, 0.29) is 18.6 Å². The number of rotatable bonds is 6. The highest BCUT2D eigenvalue weighted by Crippen LogP contribution is 2.34. The van der Waals surface area contributed by atoms with Crippen LogP contribution in [0.4, 0.5) is 0 Å². The Kier molecular flexibility index (Phi) is 5.95. The summed E-state index contributed by atoms with van der Waals surface area (Å²) in [6, 6.07) is 25.6. The van der Waals surface area contributed by atoms with Gasteiger partial charge in [-0.25, -0.2) is 0 Å². The van der Waals surface area contributed by atoms with E-state index in [0.717, 1.165) is 29.2 Å². The van der Waals surface area contributed by atoms with E-state index >= 15 is 0 Å². The number of aliphatic hydroxyl groups is 2. The van der Waals surface area contributed by atoms with E-state index in [1.165, 1.54) is 5.56 Å². The van der Waals surface area contributed by atoms with Gasteiger partial charge in [0.15, 0.2) is 0 Å². The first-order chi connectivity index (χ1) is 14.2. The maximum absolute atomic E-state index is 10.9. The minimum absolute atomic E-state index is 0.00837. The Morgan fingerprint density at radius 2 is 1.55 bits per heavy atom. The minimum Gasteiger partial charge on any atom is -0.457 e. The van der Waals surface area contributed by atoms with Gasteiger partial charge in [0.25, 0.3) is 0 Å². The Hall–Kier alpha value is -2.66. The lowest BCUT2D eigenvalue weighted by molar-refractivity contribution is 0.0640. The van der Waals surface area contributed by atoms with Crippen molar-refractivity contribution >= 4 is 0 Å². The molecule has 1 fully saturated rings. The van der Waals surface area contributed by atoms with Crippen LogP contribution in [0.5, 0.6) is 11.5 Å². The Morgan fingerprint density at radius 1 is 0.897 bits per heavy atom. The number of ether oxygens (including phenoxy) is 1. The normalized spacial score (nSPS) is 22.0. The van der Waals surface area contributed by atoms with E-state index in [2.05, 4.69) is 24.0 Å². The largest absolute Gasteiger partial charge is 0.457 e. The molecule has 1 saturated heterocycles. The fourth-order valence-electron chi connectivity index (χ4n) is 4.19. The van der Waals surface area contributed by atoms with Gasteiger partial charge in [-0.15, -0.1) is 0 Å². The molecule has 0 unspecified atom stereocenters. The van der Waals surface area contributed by atoms with Gasteiger partial charge in [0.1, 0.15) is 11.5 Å². The Labute approximate surface area is 172 Å². The zero-order chi connectivity index (χ0) is 20.2. The van der Waals surface area contributed by atoms with Crippen LogP contribution in [0.2, 0.25) is 0 Å². The fraction of sp³-hybridized carbons (Fsp3) is 0.280. The highest BCUT2D eigenvalue weighted by Gasteiger charge is 2.41. The molecule has 1 aliphatic rings. The first-order valence-corrected chi connectivity index (χ1v) is 10.1. The summed E-state index contributed by atoms with van der Waals surface area (Å²) in [7, 11) is 0. The molecule has 4 heteroatoms. The number of aryl methyl sites for hydroxylation is 1. The fourth-order valence-corrected chi connectivity index (χ4v) is 4.19. The lowest BCUT2D eigenvalue weighted by Gasteiger charge is -2.24. The second-order valence-electron chi connectivity index (χ2n) is 7.69. The van der Waals surface area contributed by atoms with Gasteiger partial charge in [0, 0.05) is 19.0 Å². The predicted octanol–water partition coefficient (Wildman–Crippen LogP) is 4.11. The summed E-state index contributed by atoms with van der Waals surface area (Å²) in [5, 5.41) is 20.8. The number of hydrogen-bond acceptors (Lipinski definition) is 4. The van der Waals surface area contributed by atoms with Crippen molar-refractivity contribution in [2.45, 2.75) is 31.5 Å². The second-order valence-corrected chi connectivity index (χ2v) is 7.69. The van der Waals surface area contributed by atoms with Crippen LogP contribution in [-0.2, 0) is 6.54 Å². The van der Waals surface area contributed by atoms with Crippen molar-refractivity contribution in [3.05, 3.63) is 95.6 Å². The first-order valence-electron chi connectivity index (χ1n) is 10.1. The van der Waals surface area contributed by atoms with Crippen molar-refractivity contribution in [2.24, 2.45) is 0 Å². The summed E-state index contributed by atoms with van der Waals surface area (Å²) in [6.45, 7) is 3.42. The highest BCUT2D eigenvalue weighted by molar-refractivity contribution is 5.34. The summed E-state index contributed by atoms with van der Waals surface area (Å²) < 4.78 is 5.86. The molecular formula is C25H27NO3. The van der Waals surface area contributed by atoms with Gasteiger partial charge in [-0.2, -0.15) is 0 Å². The zero-order valence-corrected chi connectivity index (χ0v) is 16.6. The molecule has 2 N–H and O–H groups in total. The third-order valence-electron chi connectivity index (χ3n) is 5.77. The molecule has 0 spiro atoms. The lowest BCUT2D eigenvalue weighted by Crippen LogP contribution is -2.38. The maximum Gasteiger partial charge on any atom is 0.127 e. The first kappa shape index (κ1) is 19.6. The number of benzene rings is 3. The van der Waals surface area contributed by atoms with Crippen LogP contribution in [0.1, 0.15) is 22.6 Å². The standard InChI is InChI=1S/C25H27NO3/c1-18-7-5-6-10-22(18)23-16-26(24(17-27)25(23)28)15-19-11-13-21(14-12-19)29-20-8-3-2-4-9-20/h2-14,23-25,27-28H,15-17H2,1H3/t23-,24-,25-/m1/s1. The van der Waals surface area contributed by atoms with Crippen LogP contribution in [0.15, 0.2) is 78.9 Å². The molecule has 1 heterocycles. The second kappa shape index (κ2) is 8.78. The third kappa shape index (κ3) is 4.35. The molecule has 0 radical (unpaired) electrons. The molecule has 0 aliphatic carbocycles. The predicted molar refractivity (Wildman–Crippen MR) is 114 cm³/mol. The molecular weight excluding hydrogens is 362 g/mol. The van der Waals surface area contributed by atoms with Gasteiger partial charge < -0.3 is 14.9 Å². The van der Waals surface area contributed by atoms with Crippen molar-refractivity contribution in [1.82, 2.24) is 4.90 Å². The van der Waals surface area contributed by atoms with Crippen molar-refractivity contribution in [3.8, 4) is 11.5 Å². The number of hydrogen-bond donors (Lipinski definition) is 2. The Morgan fingerprint density at radius 3 is 2.24 bits per heavy atom. The average Bonchev–Trinajstić information content (AvgIpc) is 3.05. The van der Waals surface area contributed by atoms with Crippen LogP contribution in [0.25, 0.3) is 0 Å². The summed E-state index contributed by atoms with van der Waals surface area (Å²) >= 11 is 0. The van der Waals surface area contributed by atoms with Gasteiger partial charge in [0.2, 0.25) is 0 Å². The molecule has 0 amide bonds. The molecule has 3 aromatic rings. The van der Waals surface area contributed by atoms with E-state index in [1.807, 2.05) is 66.7 Å².